The first-order valence-electron chi connectivity index (χ1n) is 8.77. The van der Waals surface area contributed by atoms with E-state index in [-0.39, 0.29) is 23.6 Å². The summed E-state index contributed by atoms with van der Waals surface area (Å²) >= 11 is 0. The van der Waals surface area contributed by atoms with Gasteiger partial charge in [0.25, 0.3) is 0 Å². The van der Waals surface area contributed by atoms with Crippen LogP contribution in [-0.2, 0) is 10.0 Å². The largest absolute Gasteiger partial charge is 0.492 e. The monoisotopic (exact) mass is 352 g/mol. The summed E-state index contributed by atoms with van der Waals surface area (Å²) in [6.45, 7) is 2.06. The predicted octanol–water partition coefficient (Wildman–Crippen LogP) is 1.58. The van der Waals surface area contributed by atoms with Gasteiger partial charge in [-0.15, -0.1) is 0 Å². The molecule has 0 unspecified atom stereocenters. The number of hydrogen-bond donors (Lipinski definition) is 1. The number of nitrogens with zero attached hydrogens (tertiary/aromatic N) is 2. The van der Waals surface area contributed by atoms with Gasteiger partial charge in [0.2, 0.25) is 10.0 Å². The fourth-order valence-corrected chi connectivity index (χ4v) is 5.59. The second kappa shape index (κ2) is 6.20. The average molecular weight is 352 g/mol. The lowest BCUT2D eigenvalue weighted by atomic mass is 10.2. The summed E-state index contributed by atoms with van der Waals surface area (Å²) in [7, 11) is -3.50. The first-order valence-corrected chi connectivity index (χ1v) is 10.2. The Hall–Kier alpha value is -1.31. The van der Waals surface area contributed by atoms with Gasteiger partial charge in [-0.3, -0.25) is 0 Å². The van der Waals surface area contributed by atoms with Gasteiger partial charge in [0.05, 0.1) is 19.3 Å². The van der Waals surface area contributed by atoms with Crippen molar-refractivity contribution in [1.29, 1.82) is 0 Å². The van der Waals surface area contributed by atoms with E-state index in [0.717, 1.165) is 37.9 Å². The van der Waals surface area contributed by atoms with Gasteiger partial charge < -0.3 is 14.7 Å². The van der Waals surface area contributed by atoms with Crippen LogP contribution in [0.1, 0.15) is 32.1 Å². The Kier molecular flexibility index (Phi) is 4.18. The Morgan fingerprint density at radius 2 is 2.00 bits per heavy atom. The van der Waals surface area contributed by atoms with E-state index in [2.05, 4.69) is 4.90 Å². The predicted molar refractivity (Wildman–Crippen MR) is 90.9 cm³/mol. The molecule has 7 heteroatoms. The van der Waals surface area contributed by atoms with Crippen molar-refractivity contribution in [3.63, 3.8) is 0 Å². The van der Waals surface area contributed by atoms with Crippen LogP contribution < -0.4 is 9.64 Å². The molecule has 3 aliphatic rings. The summed E-state index contributed by atoms with van der Waals surface area (Å²) in [5.41, 5.74) is 0.930. The Balaban J connectivity index is 1.71. The zero-order valence-corrected chi connectivity index (χ0v) is 14.5. The molecule has 1 aliphatic carbocycles. The molecule has 1 atom stereocenters. The Morgan fingerprint density at radius 3 is 2.75 bits per heavy atom. The topological polar surface area (TPSA) is 70.1 Å². The molecule has 1 saturated carbocycles. The van der Waals surface area contributed by atoms with Crippen molar-refractivity contribution in [2.45, 2.75) is 49.1 Å². The van der Waals surface area contributed by atoms with Crippen molar-refractivity contribution < 1.29 is 18.3 Å². The molecule has 1 aromatic carbocycles. The number of aliphatic hydroxyl groups is 1. The van der Waals surface area contributed by atoms with E-state index in [4.69, 9.17) is 4.74 Å². The van der Waals surface area contributed by atoms with Gasteiger partial charge in [-0.1, -0.05) is 0 Å². The molecule has 0 spiro atoms. The Bertz CT molecular complexity index is 717. The van der Waals surface area contributed by atoms with Gasteiger partial charge in [0.15, 0.2) is 0 Å². The number of aliphatic hydroxyl groups excluding tert-OH is 1. The third-order valence-electron chi connectivity index (χ3n) is 5.17. The van der Waals surface area contributed by atoms with Crippen molar-refractivity contribution in [1.82, 2.24) is 4.31 Å². The number of benzene rings is 1. The molecule has 2 heterocycles. The van der Waals surface area contributed by atoms with Crippen LogP contribution in [0.4, 0.5) is 5.69 Å². The van der Waals surface area contributed by atoms with Crippen molar-refractivity contribution in [2.24, 2.45) is 0 Å². The number of anilines is 1. The summed E-state index contributed by atoms with van der Waals surface area (Å²) in [5.74, 6) is 0.446. The second-order valence-corrected chi connectivity index (χ2v) is 8.71. The molecule has 0 aromatic heterocycles. The molecule has 1 saturated heterocycles. The van der Waals surface area contributed by atoms with Crippen LogP contribution in [-0.4, -0.2) is 56.2 Å². The highest BCUT2D eigenvalue weighted by Crippen LogP contribution is 2.39. The van der Waals surface area contributed by atoms with Gasteiger partial charge in [0, 0.05) is 30.9 Å². The second-order valence-electron chi connectivity index (χ2n) is 6.85. The van der Waals surface area contributed by atoms with Gasteiger partial charge >= 0.3 is 0 Å². The minimum Gasteiger partial charge on any atom is -0.492 e. The van der Waals surface area contributed by atoms with Crippen molar-refractivity contribution in [2.75, 3.05) is 31.2 Å². The first kappa shape index (κ1) is 16.2. The Labute approximate surface area is 143 Å². The van der Waals surface area contributed by atoms with E-state index < -0.39 is 10.0 Å². The smallest absolute Gasteiger partial charge is 0.247 e. The number of hydrogen-bond acceptors (Lipinski definition) is 5. The summed E-state index contributed by atoms with van der Waals surface area (Å²) in [5, 5.41) is 9.53. The quantitative estimate of drug-likeness (QED) is 0.894. The fraction of sp³-hybridized carbons (Fsp3) is 0.647. The van der Waals surface area contributed by atoms with E-state index in [1.54, 1.807) is 10.4 Å². The maximum atomic E-state index is 13.0. The van der Waals surface area contributed by atoms with Gasteiger partial charge in [-0.2, -0.15) is 4.31 Å². The normalized spacial score (nSPS) is 27.2. The van der Waals surface area contributed by atoms with E-state index in [9.17, 15) is 13.5 Å². The fourth-order valence-electron chi connectivity index (χ4n) is 3.76. The number of fused-ring (bicyclic) bond motifs is 1. The Morgan fingerprint density at radius 1 is 1.17 bits per heavy atom. The van der Waals surface area contributed by atoms with Crippen molar-refractivity contribution in [3.05, 3.63) is 18.2 Å². The molecule has 4 rings (SSSR count). The van der Waals surface area contributed by atoms with Crippen molar-refractivity contribution >= 4 is 15.7 Å². The molecule has 2 fully saturated rings. The van der Waals surface area contributed by atoms with Crippen LogP contribution in [0.5, 0.6) is 5.75 Å². The molecular weight excluding hydrogens is 328 g/mol. The third-order valence-corrected chi connectivity index (χ3v) is 7.16. The van der Waals surface area contributed by atoms with Crippen molar-refractivity contribution in [3.8, 4) is 5.75 Å². The lowest BCUT2D eigenvalue weighted by molar-refractivity contribution is 0.264. The molecule has 1 aromatic rings. The van der Waals surface area contributed by atoms with Crippen LogP contribution in [0.15, 0.2) is 23.1 Å². The third kappa shape index (κ3) is 2.78. The van der Waals surface area contributed by atoms with E-state index in [1.807, 2.05) is 12.1 Å². The SMILES string of the molecule is O=S1(=O)c2ccc(N3CCC[C@@H]3CO)cc2OCCCN1C1CC1. The highest BCUT2D eigenvalue weighted by molar-refractivity contribution is 7.89. The molecule has 0 bridgehead atoms. The van der Waals surface area contributed by atoms with Crippen LogP contribution in [0.3, 0.4) is 0 Å². The van der Waals surface area contributed by atoms with Gasteiger partial charge in [-0.25, -0.2) is 8.42 Å². The minimum atomic E-state index is -3.50. The molecule has 24 heavy (non-hydrogen) atoms. The molecule has 0 radical (unpaired) electrons. The van der Waals surface area contributed by atoms with Crippen LogP contribution in [0.2, 0.25) is 0 Å². The van der Waals surface area contributed by atoms with Gasteiger partial charge in [0.1, 0.15) is 10.6 Å². The highest BCUT2D eigenvalue weighted by atomic mass is 32.2. The molecule has 6 nitrogen and oxygen atoms in total. The minimum absolute atomic E-state index is 0.108. The molecule has 1 N–H and O–H groups in total. The number of sulfonamides is 1. The summed E-state index contributed by atoms with van der Waals surface area (Å²) < 4.78 is 33.4. The maximum absolute atomic E-state index is 13.0. The summed E-state index contributed by atoms with van der Waals surface area (Å²) in [6.07, 6.45) is 4.63. The standard InChI is InChI=1S/C17H24N2O4S/c20-12-15-3-1-8-18(15)14-6-7-17-16(11-14)23-10-2-9-19(13-4-5-13)24(17,21)22/h6-7,11,13,15,20H,1-5,8-10,12H2/t15-/m1/s1. The highest BCUT2D eigenvalue weighted by Gasteiger charge is 2.40. The lowest BCUT2D eigenvalue weighted by Gasteiger charge is -2.29. The molecular formula is C17H24N2O4S. The van der Waals surface area contributed by atoms with E-state index in [1.165, 1.54) is 0 Å². The zero-order chi connectivity index (χ0) is 16.7. The number of rotatable bonds is 3. The van der Waals surface area contributed by atoms with Gasteiger partial charge in [-0.05, 0) is 44.2 Å². The van der Waals surface area contributed by atoms with E-state index >= 15 is 0 Å². The summed E-state index contributed by atoms with van der Waals surface area (Å²) in [4.78, 5) is 2.42. The molecule has 0 amide bonds. The zero-order valence-electron chi connectivity index (χ0n) is 13.7. The average Bonchev–Trinajstić information content (AvgIpc) is 3.28. The van der Waals surface area contributed by atoms with Crippen LogP contribution in [0.25, 0.3) is 0 Å². The summed E-state index contributed by atoms with van der Waals surface area (Å²) in [6, 6.07) is 5.62. The van der Waals surface area contributed by atoms with E-state index in [0.29, 0.717) is 25.3 Å². The lowest BCUT2D eigenvalue weighted by Crippen LogP contribution is -2.36. The number of ether oxygens (including phenoxy) is 1. The van der Waals surface area contributed by atoms with Crippen LogP contribution >= 0.6 is 0 Å². The first-order chi connectivity index (χ1) is 11.6. The maximum Gasteiger partial charge on any atom is 0.247 e. The molecule has 132 valence electrons. The molecule has 2 aliphatic heterocycles. The van der Waals surface area contributed by atoms with Crippen LogP contribution in [0, 0.1) is 0 Å².